The Morgan fingerprint density at radius 2 is 1.96 bits per heavy atom. The van der Waals surface area contributed by atoms with Gasteiger partial charge >= 0.3 is 7.12 Å². The van der Waals surface area contributed by atoms with E-state index < -0.39 is 24.0 Å². The van der Waals surface area contributed by atoms with Crippen LogP contribution in [0.1, 0.15) is 53.2 Å². The highest BCUT2D eigenvalue weighted by atomic mass is 32.1. The summed E-state index contributed by atoms with van der Waals surface area (Å²) in [6.45, 7) is 12.2. The molecule has 0 atom stereocenters. The summed E-state index contributed by atoms with van der Waals surface area (Å²) < 4.78 is 28.0. The zero-order chi connectivity index (χ0) is 19.1. The number of thiophene rings is 1. The molecule has 3 rings (SSSR count). The van der Waals surface area contributed by atoms with E-state index in [1.54, 1.807) is 11.3 Å². The number of hydrogen-bond donors (Lipinski definition) is 0. The molecule has 1 aliphatic heterocycles. The van der Waals surface area contributed by atoms with Crippen LogP contribution in [0, 0.1) is 0 Å². The Morgan fingerprint density at radius 1 is 1.31 bits per heavy atom. The first-order valence-corrected chi connectivity index (χ1v) is 9.81. The van der Waals surface area contributed by atoms with Gasteiger partial charge in [0.05, 0.1) is 22.6 Å². The summed E-state index contributed by atoms with van der Waals surface area (Å²) in [4.78, 5) is 1.11. The summed E-state index contributed by atoms with van der Waals surface area (Å²) in [7, 11) is -0.963. The minimum Gasteiger partial charge on any atom is -0.398 e. The Balaban J connectivity index is 1.80. The van der Waals surface area contributed by atoms with Crippen LogP contribution in [0.15, 0.2) is 35.4 Å². The van der Waals surface area contributed by atoms with Crippen LogP contribution in [0.5, 0.6) is 0 Å². The molecule has 2 aromatic heterocycles. The predicted octanol–water partition coefficient (Wildman–Crippen LogP) is 5.22. The van der Waals surface area contributed by atoms with Gasteiger partial charge in [-0.3, -0.25) is 4.68 Å². The molecule has 0 aromatic carbocycles. The second kappa shape index (κ2) is 6.95. The Labute approximate surface area is 159 Å². The number of halogens is 1. The van der Waals surface area contributed by atoms with Crippen molar-refractivity contribution in [3.63, 3.8) is 0 Å². The van der Waals surface area contributed by atoms with E-state index >= 15 is 0 Å². The summed E-state index contributed by atoms with van der Waals surface area (Å²) >= 11 is 1.65. The second-order valence-corrected chi connectivity index (χ2v) is 8.89. The van der Waals surface area contributed by atoms with Gasteiger partial charge < -0.3 is 9.31 Å². The van der Waals surface area contributed by atoms with Crippen LogP contribution >= 0.6 is 11.3 Å². The molecular weight excluding hydrogens is 350 g/mol. The minimum atomic E-state index is -0.963. The quantitative estimate of drug-likeness (QED) is 0.672. The topological polar surface area (TPSA) is 36.3 Å². The van der Waals surface area contributed by atoms with Gasteiger partial charge in [-0.1, -0.05) is 19.9 Å². The third-order valence-corrected chi connectivity index (χ3v) is 6.01. The number of rotatable bonds is 5. The smallest absolute Gasteiger partial charge is 0.398 e. The van der Waals surface area contributed by atoms with Crippen LogP contribution in [0.4, 0.5) is 4.39 Å². The van der Waals surface area contributed by atoms with Crippen LogP contribution < -0.4 is 0 Å². The lowest BCUT2D eigenvalue weighted by Crippen LogP contribution is -2.41. The fourth-order valence-electron chi connectivity index (χ4n) is 2.81. The SMILES string of the molecule is CC(C)c1cc(-c2cccs2)nn1CC=C(F)B1OC(C)(C)C(C)(C)O1. The largest absolute Gasteiger partial charge is 0.524 e. The van der Waals surface area contributed by atoms with E-state index in [4.69, 9.17) is 9.31 Å². The number of hydrogen-bond acceptors (Lipinski definition) is 4. The van der Waals surface area contributed by atoms with Crippen molar-refractivity contribution in [1.82, 2.24) is 9.78 Å². The van der Waals surface area contributed by atoms with Gasteiger partial charge in [0, 0.05) is 5.69 Å². The average molecular weight is 376 g/mol. The molecule has 7 heteroatoms. The summed E-state index contributed by atoms with van der Waals surface area (Å²) in [5, 5.41) is 6.69. The molecule has 0 amide bonds. The first-order chi connectivity index (χ1) is 12.1. The van der Waals surface area contributed by atoms with Crippen LogP contribution in [-0.4, -0.2) is 28.1 Å². The molecule has 2 aromatic rings. The molecule has 1 aliphatic rings. The van der Waals surface area contributed by atoms with Gasteiger partial charge in [0.2, 0.25) is 0 Å². The van der Waals surface area contributed by atoms with E-state index in [9.17, 15) is 4.39 Å². The lowest BCUT2D eigenvalue weighted by atomic mass is 9.88. The van der Waals surface area contributed by atoms with E-state index in [-0.39, 0.29) is 0 Å². The summed E-state index contributed by atoms with van der Waals surface area (Å²) in [5.74, 6) is 0.296. The van der Waals surface area contributed by atoms with E-state index in [0.717, 1.165) is 16.3 Å². The highest BCUT2D eigenvalue weighted by Crippen LogP contribution is 2.38. The number of aromatic nitrogens is 2. The molecule has 0 unspecified atom stereocenters. The second-order valence-electron chi connectivity index (χ2n) is 7.95. The van der Waals surface area contributed by atoms with Crippen LogP contribution in [-0.2, 0) is 15.9 Å². The molecular formula is C19H26BFN2O2S. The first-order valence-electron chi connectivity index (χ1n) is 8.93. The van der Waals surface area contributed by atoms with Crippen molar-refractivity contribution in [2.75, 3.05) is 0 Å². The molecule has 0 N–H and O–H groups in total. The van der Waals surface area contributed by atoms with Crippen molar-refractivity contribution in [1.29, 1.82) is 0 Å². The molecule has 0 bridgehead atoms. The maximum Gasteiger partial charge on any atom is 0.524 e. The van der Waals surface area contributed by atoms with Gasteiger partial charge in [-0.15, -0.1) is 11.3 Å². The zero-order valence-electron chi connectivity index (χ0n) is 16.2. The predicted molar refractivity (Wildman–Crippen MR) is 105 cm³/mol. The molecule has 0 saturated carbocycles. The minimum absolute atomic E-state index is 0.296. The highest BCUT2D eigenvalue weighted by Gasteiger charge is 2.52. The molecule has 4 nitrogen and oxygen atoms in total. The maximum absolute atomic E-state index is 14.7. The van der Waals surface area contributed by atoms with Gasteiger partial charge in [-0.2, -0.15) is 5.10 Å². The molecule has 1 saturated heterocycles. The zero-order valence-corrected chi connectivity index (χ0v) is 17.1. The average Bonchev–Trinajstić information content (AvgIpc) is 3.23. The van der Waals surface area contributed by atoms with Crippen molar-refractivity contribution in [2.45, 2.75) is 65.2 Å². The molecule has 0 aliphatic carbocycles. The Hall–Kier alpha value is -1.44. The monoisotopic (exact) mass is 376 g/mol. The summed E-state index contributed by atoms with van der Waals surface area (Å²) in [6, 6.07) is 6.13. The van der Waals surface area contributed by atoms with E-state index in [0.29, 0.717) is 12.5 Å². The van der Waals surface area contributed by atoms with Crippen LogP contribution in [0.25, 0.3) is 10.6 Å². The summed E-state index contributed by atoms with van der Waals surface area (Å²) in [6.07, 6.45) is 1.50. The van der Waals surface area contributed by atoms with E-state index in [1.807, 2.05) is 49.9 Å². The van der Waals surface area contributed by atoms with E-state index in [1.165, 1.54) is 6.08 Å². The molecule has 0 radical (unpaired) electrons. The first kappa shape index (κ1) is 19.3. The Kier molecular flexibility index (Phi) is 5.16. The van der Waals surface area contributed by atoms with Crippen molar-refractivity contribution in [3.05, 3.63) is 41.1 Å². The third-order valence-electron chi connectivity index (χ3n) is 5.11. The lowest BCUT2D eigenvalue weighted by Gasteiger charge is -2.32. The lowest BCUT2D eigenvalue weighted by molar-refractivity contribution is 0.00578. The van der Waals surface area contributed by atoms with Crippen molar-refractivity contribution < 1.29 is 13.7 Å². The van der Waals surface area contributed by atoms with Crippen molar-refractivity contribution in [2.24, 2.45) is 0 Å². The molecule has 3 heterocycles. The molecule has 1 fully saturated rings. The van der Waals surface area contributed by atoms with E-state index in [2.05, 4.69) is 25.0 Å². The molecule has 0 spiro atoms. The van der Waals surface area contributed by atoms with Crippen molar-refractivity contribution in [3.8, 4) is 10.6 Å². The third kappa shape index (κ3) is 3.66. The van der Waals surface area contributed by atoms with Gasteiger partial charge in [0.25, 0.3) is 0 Å². The number of allylic oxidation sites excluding steroid dienone is 1. The fourth-order valence-corrected chi connectivity index (χ4v) is 3.49. The highest BCUT2D eigenvalue weighted by molar-refractivity contribution is 7.13. The van der Waals surface area contributed by atoms with Crippen LogP contribution in [0.3, 0.4) is 0 Å². The molecule has 26 heavy (non-hydrogen) atoms. The van der Waals surface area contributed by atoms with Gasteiger partial charge in [-0.05, 0) is 57.2 Å². The fraction of sp³-hybridized carbons (Fsp3) is 0.526. The van der Waals surface area contributed by atoms with Crippen LogP contribution in [0.2, 0.25) is 0 Å². The van der Waals surface area contributed by atoms with Gasteiger partial charge in [0.1, 0.15) is 11.4 Å². The molecule has 140 valence electrons. The van der Waals surface area contributed by atoms with Crippen molar-refractivity contribution >= 4 is 18.5 Å². The number of nitrogens with zero attached hydrogens (tertiary/aromatic N) is 2. The van der Waals surface area contributed by atoms with Gasteiger partial charge in [-0.25, -0.2) is 4.39 Å². The maximum atomic E-state index is 14.7. The van der Waals surface area contributed by atoms with Gasteiger partial charge in [0.15, 0.2) is 0 Å². The Morgan fingerprint density at radius 3 is 2.50 bits per heavy atom. The summed E-state index contributed by atoms with van der Waals surface area (Å²) in [5.41, 5.74) is 0.486. The standard InChI is InChI=1S/C19H26BFN2O2S/c1-13(2)15-12-14(16-8-7-11-26-16)22-23(15)10-9-17(21)20-24-18(3,4)19(5,6)25-20/h7-9,11-13H,10H2,1-6H3. The normalized spacial score (nSPS) is 19.5. The Bertz CT molecular complexity index is 781.